The Hall–Kier alpha value is -2.24. The lowest BCUT2D eigenvalue weighted by Gasteiger charge is -2.12. The largest absolute Gasteiger partial charge is 0.483 e. The molecule has 0 fully saturated rings. The number of hydrogen-bond acceptors (Lipinski definition) is 5. The number of ether oxygens (including phenoxy) is 2. The lowest BCUT2D eigenvalue weighted by Crippen LogP contribution is -2.31. The Labute approximate surface area is 118 Å². The van der Waals surface area contributed by atoms with E-state index in [4.69, 9.17) is 10.5 Å². The van der Waals surface area contributed by atoms with Crippen molar-refractivity contribution in [2.45, 2.75) is 13.8 Å². The lowest BCUT2D eigenvalue weighted by atomic mass is 10.2. The van der Waals surface area contributed by atoms with Gasteiger partial charge in [-0.3, -0.25) is 4.79 Å². The van der Waals surface area contributed by atoms with Crippen molar-refractivity contribution < 1.29 is 19.1 Å². The van der Waals surface area contributed by atoms with E-state index in [0.29, 0.717) is 18.2 Å². The number of amides is 1. The Morgan fingerprint density at radius 3 is 2.65 bits per heavy atom. The van der Waals surface area contributed by atoms with Gasteiger partial charge in [-0.25, -0.2) is 4.79 Å². The molecule has 1 rings (SSSR count). The van der Waals surface area contributed by atoms with Crippen molar-refractivity contribution in [1.29, 1.82) is 0 Å². The molecular formula is C14H20N2O4. The normalized spacial score (nSPS) is 10.2. The molecule has 0 radical (unpaired) electrons. The minimum Gasteiger partial charge on any atom is -0.483 e. The van der Waals surface area contributed by atoms with Gasteiger partial charge in [0.25, 0.3) is 5.91 Å². The first-order valence-electron chi connectivity index (χ1n) is 6.31. The Morgan fingerprint density at radius 2 is 2.05 bits per heavy atom. The van der Waals surface area contributed by atoms with Crippen molar-refractivity contribution in [3.8, 4) is 5.75 Å². The van der Waals surface area contributed by atoms with Crippen molar-refractivity contribution in [2.75, 3.05) is 26.0 Å². The van der Waals surface area contributed by atoms with Gasteiger partial charge in [-0.15, -0.1) is 0 Å². The fraction of sp³-hybridized carbons (Fsp3) is 0.429. The quantitative estimate of drug-likeness (QED) is 0.603. The van der Waals surface area contributed by atoms with Crippen molar-refractivity contribution in [3.63, 3.8) is 0 Å². The minimum atomic E-state index is -0.560. The highest BCUT2D eigenvalue weighted by atomic mass is 16.5. The van der Waals surface area contributed by atoms with E-state index in [0.717, 1.165) is 0 Å². The zero-order chi connectivity index (χ0) is 15.1. The summed E-state index contributed by atoms with van der Waals surface area (Å²) in [4.78, 5) is 23.1. The maximum absolute atomic E-state index is 11.6. The molecule has 6 nitrogen and oxygen atoms in total. The number of nitrogens with one attached hydrogen (secondary N) is 1. The van der Waals surface area contributed by atoms with Crippen molar-refractivity contribution >= 4 is 17.6 Å². The molecule has 0 heterocycles. The maximum atomic E-state index is 11.6. The van der Waals surface area contributed by atoms with Crippen LogP contribution in [0.3, 0.4) is 0 Å². The number of anilines is 1. The molecule has 6 heteroatoms. The third kappa shape index (κ3) is 4.79. The van der Waals surface area contributed by atoms with Crippen LogP contribution >= 0.6 is 0 Å². The molecule has 0 bridgehead atoms. The lowest BCUT2D eigenvalue weighted by molar-refractivity contribution is -0.123. The number of benzene rings is 1. The number of hydrogen-bond donors (Lipinski definition) is 2. The first-order valence-corrected chi connectivity index (χ1v) is 6.31. The second-order valence-electron chi connectivity index (χ2n) is 4.73. The highest BCUT2D eigenvalue weighted by molar-refractivity contribution is 5.93. The molecule has 0 saturated heterocycles. The van der Waals surface area contributed by atoms with Crippen LogP contribution in [0.2, 0.25) is 0 Å². The van der Waals surface area contributed by atoms with Crippen LogP contribution in [0.15, 0.2) is 18.2 Å². The highest BCUT2D eigenvalue weighted by Gasteiger charge is 2.14. The van der Waals surface area contributed by atoms with E-state index in [1.165, 1.54) is 19.2 Å². The number of nitrogen functional groups attached to an aromatic ring is 1. The predicted octanol–water partition coefficient (Wildman–Crippen LogP) is 1.21. The summed E-state index contributed by atoms with van der Waals surface area (Å²) in [6.07, 6.45) is 0. The van der Waals surface area contributed by atoms with Crippen LogP contribution in [0.4, 0.5) is 5.69 Å². The standard InChI is InChI=1S/C14H20N2O4/c1-9(2)7-16-13(17)8-20-12-5-4-10(15)6-11(12)14(18)19-3/h4-6,9H,7-8,15H2,1-3H3,(H,16,17). The number of rotatable bonds is 6. The Bertz CT molecular complexity index is 486. The summed E-state index contributed by atoms with van der Waals surface area (Å²) < 4.78 is 9.98. The van der Waals surface area contributed by atoms with Crippen LogP contribution in [0.5, 0.6) is 5.75 Å². The van der Waals surface area contributed by atoms with Crippen molar-refractivity contribution in [1.82, 2.24) is 5.32 Å². The first-order chi connectivity index (χ1) is 9.43. The molecule has 0 atom stereocenters. The molecule has 1 aromatic carbocycles. The molecule has 0 unspecified atom stereocenters. The van der Waals surface area contributed by atoms with Gasteiger partial charge >= 0.3 is 5.97 Å². The van der Waals surface area contributed by atoms with E-state index in [1.807, 2.05) is 13.8 Å². The fourth-order valence-corrected chi connectivity index (χ4v) is 1.46. The summed E-state index contributed by atoms with van der Waals surface area (Å²) >= 11 is 0. The van der Waals surface area contributed by atoms with E-state index in [-0.39, 0.29) is 23.8 Å². The van der Waals surface area contributed by atoms with Gasteiger partial charge in [0.15, 0.2) is 6.61 Å². The number of carbonyl (C=O) groups is 2. The molecular weight excluding hydrogens is 260 g/mol. The van der Waals surface area contributed by atoms with E-state index in [1.54, 1.807) is 6.07 Å². The second kappa shape index (κ2) is 7.37. The molecule has 0 aliphatic heterocycles. The molecule has 110 valence electrons. The van der Waals surface area contributed by atoms with Crippen LogP contribution in [0.25, 0.3) is 0 Å². The summed E-state index contributed by atoms with van der Waals surface area (Å²) in [5, 5.41) is 2.72. The molecule has 0 aliphatic carbocycles. The van der Waals surface area contributed by atoms with Gasteiger partial charge in [-0.2, -0.15) is 0 Å². The average molecular weight is 280 g/mol. The zero-order valence-electron chi connectivity index (χ0n) is 11.9. The van der Waals surface area contributed by atoms with Gasteiger partial charge in [0, 0.05) is 12.2 Å². The summed E-state index contributed by atoms with van der Waals surface area (Å²) in [5.41, 5.74) is 6.23. The van der Waals surface area contributed by atoms with E-state index in [9.17, 15) is 9.59 Å². The Kier molecular flexibility index (Phi) is 5.83. The number of carbonyl (C=O) groups excluding carboxylic acids is 2. The summed E-state index contributed by atoms with van der Waals surface area (Å²) in [6, 6.07) is 4.58. The molecule has 3 N–H and O–H groups in total. The van der Waals surface area contributed by atoms with Crippen LogP contribution in [-0.2, 0) is 9.53 Å². The molecule has 1 aromatic rings. The van der Waals surface area contributed by atoms with Crippen LogP contribution < -0.4 is 15.8 Å². The zero-order valence-corrected chi connectivity index (χ0v) is 11.9. The molecule has 0 spiro atoms. The second-order valence-corrected chi connectivity index (χ2v) is 4.73. The maximum Gasteiger partial charge on any atom is 0.341 e. The predicted molar refractivity (Wildman–Crippen MR) is 75.5 cm³/mol. The molecule has 1 amide bonds. The Morgan fingerprint density at radius 1 is 1.35 bits per heavy atom. The van der Waals surface area contributed by atoms with Gasteiger partial charge in [-0.05, 0) is 24.1 Å². The molecule has 0 aromatic heterocycles. The van der Waals surface area contributed by atoms with E-state index < -0.39 is 5.97 Å². The highest BCUT2D eigenvalue weighted by Crippen LogP contribution is 2.22. The summed E-state index contributed by atoms with van der Waals surface area (Å²) in [6.45, 7) is 4.40. The number of methoxy groups -OCH3 is 1. The van der Waals surface area contributed by atoms with E-state index in [2.05, 4.69) is 10.1 Å². The number of nitrogens with two attached hydrogens (primary N) is 1. The molecule has 20 heavy (non-hydrogen) atoms. The summed E-state index contributed by atoms with van der Waals surface area (Å²) in [5.74, 6) is -0.173. The van der Waals surface area contributed by atoms with Gasteiger partial charge in [0.05, 0.1) is 7.11 Å². The van der Waals surface area contributed by atoms with Gasteiger partial charge in [-0.1, -0.05) is 13.8 Å². The van der Waals surface area contributed by atoms with Gasteiger partial charge in [0.2, 0.25) is 0 Å². The topological polar surface area (TPSA) is 90.7 Å². The minimum absolute atomic E-state index is 0.166. The van der Waals surface area contributed by atoms with Crippen molar-refractivity contribution in [3.05, 3.63) is 23.8 Å². The third-order valence-corrected chi connectivity index (χ3v) is 2.48. The average Bonchev–Trinajstić information content (AvgIpc) is 2.42. The number of esters is 1. The van der Waals surface area contributed by atoms with Crippen LogP contribution in [0, 0.1) is 5.92 Å². The smallest absolute Gasteiger partial charge is 0.341 e. The molecule has 0 saturated carbocycles. The summed E-state index contributed by atoms with van der Waals surface area (Å²) in [7, 11) is 1.27. The monoisotopic (exact) mass is 280 g/mol. The first kappa shape index (κ1) is 15.8. The van der Waals surface area contributed by atoms with E-state index >= 15 is 0 Å². The van der Waals surface area contributed by atoms with Crippen LogP contribution in [0.1, 0.15) is 24.2 Å². The van der Waals surface area contributed by atoms with Crippen LogP contribution in [-0.4, -0.2) is 32.1 Å². The van der Waals surface area contributed by atoms with Gasteiger partial charge in [0.1, 0.15) is 11.3 Å². The SMILES string of the molecule is COC(=O)c1cc(N)ccc1OCC(=O)NCC(C)C. The Balaban J connectivity index is 2.68. The fourth-order valence-electron chi connectivity index (χ4n) is 1.46. The van der Waals surface area contributed by atoms with Crippen molar-refractivity contribution in [2.24, 2.45) is 5.92 Å². The van der Waals surface area contributed by atoms with Gasteiger partial charge < -0.3 is 20.5 Å². The third-order valence-electron chi connectivity index (χ3n) is 2.48. The molecule has 0 aliphatic rings.